The van der Waals surface area contributed by atoms with E-state index < -0.39 is 8.07 Å². The molecule has 9 aromatic carbocycles. The van der Waals surface area contributed by atoms with Crippen LogP contribution in [0.4, 0.5) is 0 Å². The zero-order valence-electron chi connectivity index (χ0n) is 50.0. The first-order valence-electron chi connectivity index (χ1n) is 29.9. The average molecular weight is 1290 g/mol. The standard InChI is InChI=1S/C44H34N3O.C32H39N2Si.Ir/c1-27(2)37-24-33(32-20-18-31(19-21-32)30-11-6-5-7-12-30)25-38(28(3)4)42(37)47-40-16-9-8-15-39(40)46-44(47)36-14-10-13-35-34-22-17-29(26-45)23-41(34)48-43(35)36;1-22(2)27-20-26(24-16-18-35(5,6)19-17-24)21-28(23(3)4)31(27)34-30-15-11-10-14-29(30)33-32(34)25-12-8-7-9-13-25;/h5-13,15-25,27-28H,1-4H3;7-12,14-15,20-24H,16-19H2,1-6H3;/q2*-1;. The molecule has 3 aromatic heterocycles. The van der Waals surface area contributed by atoms with Crippen molar-refractivity contribution in [3.8, 4) is 62.5 Å². The molecule has 0 atom stereocenters. The summed E-state index contributed by atoms with van der Waals surface area (Å²) < 4.78 is 11.2. The molecular formula is C76H73IrN5OSi-2. The van der Waals surface area contributed by atoms with Crippen LogP contribution >= 0.6 is 0 Å². The Morgan fingerprint density at radius 2 is 1.04 bits per heavy atom. The van der Waals surface area contributed by atoms with E-state index in [2.05, 4.69) is 229 Å². The molecule has 0 saturated carbocycles. The number of benzene rings is 9. The molecule has 0 aliphatic carbocycles. The fraction of sp³-hybridized carbons (Fsp3) is 0.250. The quantitative estimate of drug-likeness (QED) is 0.0955. The summed E-state index contributed by atoms with van der Waals surface area (Å²) in [7, 11) is -0.982. The second-order valence-electron chi connectivity index (χ2n) is 24.9. The minimum atomic E-state index is -0.982. The Kier molecular flexibility index (Phi) is 16.5. The summed E-state index contributed by atoms with van der Waals surface area (Å²) in [6.45, 7) is 23.6. The summed E-state index contributed by atoms with van der Waals surface area (Å²) in [6, 6.07) is 76.0. The van der Waals surface area contributed by atoms with E-state index in [9.17, 15) is 5.26 Å². The molecule has 0 amide bonds. The van der Waals surface area contributed by atoms with Crippen molar-refractivity contribution in [3.63, 3.8) is 0 Å². The minimum Gasteiger partial charge on any atom is -0.500 e. The molecule has 0 bridgehead atoms. The Balaban J connectivity index is 0.000000182. The number of imidazole rings is 2. The van der Waals surface area contributed by atoms with Crippen LogP contribution in [0.1, 0.15) is 131 Å². The van der Waals surface area contributed by atoms with Gasteiger partial charge in [-0.25, -0.2) is 0 Å². The molecule has 1 aliphatic rings. The zero-order valence-corrected chi connectivity index (χ0v) is 53.4. The third-order valence-electron chi connectivity index (χ3n) is 17.3. The molecule has 12 aromatic rings. The summed E-state index contributed by atoms with van der Waals surface area (Å²) >= 11 is 0. The number of aromatic nitrogens is 4. The van der Waals surface area contributed by atoms with Gasteiger partial charge in [0.25, 0.3) is 0 Å². The number of fused-ring (bicyclic) bond motifs is 5. The van der Waals surface area contributed by atoms with Gasteiger partial charge in [-0.2, -0.15) is 5.26 Å². The van der Waals surface area contributed by atoms with Gasteiger partial charge in [-0.1, -0.05) is 189 Å². The Bertz CT molecular complexity index is 4320. The van der Waals surface area contributed by atoms with Crippen LogP contribution in [0.3, 0.4) is 0 Å². The van der Waals surface area contributed by atoms with Gasteiger partial charge < -0.3 is 13.6 Å². The van der Waals surface area contributed by atoms with Crippen LogP contribution in [0.2, 0.25) is 25.2 Å². The van der Waals surface area contributed by atoms with Crippen LogP contribution < -0.4 is 0 Å². The van der Waals surface area contributed by atoms with Gasteiger partial charge in [0.2, 0.25) is 0 Å². The maximum Gasteiger partial charge on any atom is 0.122 e. The van der Waals surface area contributed by atoms with Crippen LogP contribution in [0.15, 0.2) is 186 Å². The number of nitrogens with zero attached hydrogens (tertiary/aromatic N) is 5. The maximum absolute atomic E-state index is 9.53. The Morgan fingerprint density at radius 1 is 0.524 bits per heavy atom. The summed E-state index contributed by atoms with van der Waals surface area (Å²) in [5, 5.41) is 11.5. The van der Waals surface area contributed by atoms with Gasteiger partial charge in [0.15, 0.2) is 0 Å². The second-order valence-corrected chi connectivity index (χ2v) is 30.2. The molecule has 1 fully saturated rings. The van der Waals surface area contributed by atoms with E-state index >= 15 is 0 Å². The van der Waals surface area contributed by atoms with Gasteiger partial charge in [0.05, 0.1) is 50.9 Å². The van der Waals surface area contributed by atoms with Crippen LogP contribution in [0.5, 0.6) is 0 Å². The molecule has 13 rings (SSSR count). The van der Waals surface area contributed by atoms with Crippen LogP contribution in [0.25, 0.3) is 100 Å². The maximum atomic E-state index is 9.53. The largest absolute Gasteiger partial charge is 0.500 e. The van der Waals surface area contributed by atoms with Crippen molar-refractivity contribution in [2.75, 3.05) is 0 Å². The minimum absolute atomic E-state index is 0. The smallest absolute Gasteiger partial charge is 0.122 e. The van der Waals surface area contributed by atoms with Crippen molar-refractivity contribution >= 4 is 52.1 Å². The molecule has 1 aliphatic heterocycles. The van der Waals surface area contributed by atoms with E-state index in [1.807, 2.05) is 42.5 Å². The molecule has 423 valence electrons. The SMILES string of the molecule is CC(C)c1cc(-c2ccc(-c3ccccc3)cc2)cc(C(C)C)c1-n1c(-c2[c-]ccc3c2oc2cc(C#N)ccc23)nc2ccccc21.CC(C)c1cc(C2CC[Si](C)(C)CC2)cc(C(C)C)c1-n1c(-c2[c-]cccc2)nc2ccccc21.[Ir]. The number of furan rings is 1. The van der Waals surface area contributed by atoms with E-state index in [0.717, 1.165) is 55.8 Å². The predicted molar refractivity (Wildman–Crippen MR) is 349 cm³/mol. The molecule has 0 spiro atoms. The van der Waals surface area contributed by atoms with Crippen molar-refractivity contribution in [2.24, 2.45) is 0 Å². The van der Waals surface area contributed by atoms with Crippen molar-refractivity contribution in [3.05, 3.63) is 228 Å². The Labute approximate surface area is 510 Å². The summed E-state index contributed by atoms with van der Waals surface area (Å²) in [5.74, 6) is 3.78. The van der Waals surface area contributed by atoms with E-state index in [4.69, 9.17) is 14.4 Å². The van der Waals surface area contributed by atoms with Gasteiger partial charge in [0, 0.05) is 44.9 Å². The van der Waals surface area contributed by atoms with Gasteiger partial charge in [0.1, 0.15) is 5.58 Å². The number of rotatable bonds is 11. The second kappa shape index (κ2) is 24.0. The Morgan fingerprint density at radius 3 is 1.60 bits per heavy atom. The summed E-state index contributed by atoms with van der Waals surface area (Å²) in [6.07, 6.45) is 2.71. The molecule has 1 saturated heterocycles. The molecule has 0 N–H and O–H groups in total. The van der Waals surface area contributed by atoms with Crippen molar-refractivity contribution in [1.82, 2.24) is 19.1 Å². The first-order valence-corrected chi connectivity index (χ1v) is 33.3. The van der Waals surface area contributed by atoms with Crippen molar-refractivity contribution < 1.29 is 24.5 Å². The predicted octanol–water partition coefficient (Wildman–Crippen LogP) is 21.2. The number of hydrogen-bond acceptors (Lipinski definition) is 4. The van der Waals surface area contributed by atoms with Crippen molar-refractivity contribution in [2.45, 2.75) is 123 Å². The monoisotopic (exact) mass is 1290 g/mol. The van der Waals surface area contributed by atoms with Gasteiger partial charge in [-0.3, -0.25) is 9.97 Å². The topological polar surface area (TPSA) is 72.6 Å². The zero-order chi connectivity index (χ0) is 57.7. The van der Waals surface area contributed by atoms with Crippen LogP contribution in [-0.2, 0) is 20.1 Å². The van der Waals surface area contributed by atoms with E-state index in [1.165, 1.54) is 80.6 Å². The van der Waals surface area contributed by atoms with Crippen molar-refractivity contribution in [1.29, 1.82) is 5.26 Å². The van der Waals surface area contributed by atoms with Crippen LogP contribution in [-0.4, -0.2) is 27.2 Å². The number of hydrogen-bond donors (Lipinski definition) is 0. The first kappa shape index (κ1) is 57.9. The Hall–Kier alpha value is -7.92. The molecule has 8 heteroatoms. The van der Waals surface area contributed by atoms with E-state index in [-0.39, 0.29) is 31.9 Å². The molecular weight excluding hydrogens is 1220 g/mol. The van der Waals surface area contributed by atoms with Gasteiger partial charge >= 0.3 is 0 Å². The fourth-order valence-electron chi connectivity index (χ4n) is 12.6. The molecule has 6 nitrogen and oxygen atoms in total. The molecule has 0 unspecified atom stereocenters. The summed E-state index contributed by atoms with van der Waals surface area (Å²) in [4.78, 5) is 10.4. The van der Waals surface area contributed by atoms with Crippen LogP contribution in [0, 0.1) is 23.5 Å². The number of nitriles is 1. The van der Waals surface area contributed by atoms with Gasteiger partial charge in [-0.15, -0.1) is 54.1 Å². The van der Waals surface area contributed by atoms with Gasteiger partial charge in [-0.05, 0) is 141 Å². The summed E-state index contributed by atoms with van der Waals surface area (Å²) in [5.41, 5.74) is 22.2. The average Bonchev–Trinajstić information content (AvgIpc) is 3.39. The molecule has 1 radical (unpaired) electrons. The molecule has 4 heterocycles. The number of para-hydroxylation sites is 4. The first-order chi connectivity index (χ1) is 40.2. The normalized spacial score (nSPS) is 13.5. The third kappa shape index (κ3) is 11.1. The third-order valence-corrected chi connectivity index (χ3v) is 20.6. The molecule has 84 heavy (non-hydrogen) atoms. The van der Waals surface area contributed by atoms with E-state index in [0.29, 0.717) is 34.5 Å². The fourth-order valence-corrected chi connectivity index (χ4v) is 15.2. The van der Waals surface area contributed by atoms with E-state index in [1.54, 1.807) is 11.6 Å².